The molecule has 0 spiro atoms. The van der Waals surface area contributed by atoms with Gasteiger partial charge in [0.25, 0.3) is 6.21 Å². The molecule has 0 radical (unpaired) electrons. The van der Waals surface area contributed by atoms with E-state index in [1.807, 2.05) is 0 Å². The predicted octanol–water partition coefficient (Wildman–Crippen LogP) is 1.40. The summed E-state index contributed by atoms with van der Waals surface area (Å²) in [7, 11) is 0. The molecule has 1 aliphatic rings. The number of nitrogens with zero attached hydrogens (tertiary/aromatic N) is 2. The van der Waals surface area contributed by atoms with Gasteiger partial charge in [-0.1, -0.05) is 6.08 Å². The second kappa shape index (κ2) is 2.43. The molecule has 0 fully saturated rings. The number of hydrogen-bond donors (Lipinski definition) is 0. The van der Waals surface area contributed by atoms with Gasteiger partial charge < -0.3 is 5.53 Å². The molecule has 1 aliphatic carbocycles. The molecule has 0 amide bonds. The molecule has 0 saturated heterocycles. The minimum Gasteiger partial charge on any atom is -0.362 e. The van der Waals surface area contributed by atoms with E-state index in [0.29, 0.717) is 0 Å². The summed E-state index contributed by atoms with van der Waals surface area (Å²) in [5, 5.41) is 0. The first-order valence-electron chi connectivity index (χ1n) is 2.80. The van der Waals surface area contributed by atoms with Crippen LogP contribution in [0.2, 0.25) is 0 Å². The molecule has 0 atom stereocenters. The van der Waals surface area contributed by atoms with E-state index < -0.39 is 0 Å². The largest absolute Gasteiger partial charge is 0.362 e. The first-order valence-corrected chi connectivity index (χ1v) is 2.80. The molecule has 0 bridgehead atoms. The van der Waals surface area contributed by atoms with Crippen LogP contribution in [-0.4, -0.2) is 11.0 Å². The lowest BCUT2D eigenvalue weighted by molar-refractivity contribution is 0.00411. The van der Waals surface area contributed by atoms with Crippen LogP contribution < -0.4 is 0 Å². The monoisotopic (exact) mass is 108 g/mol. The maximum Gasteiger partial charge on any atom is 0.283 e. The summed E-state index contributed by atoms with van der Waals surface area (Å²) >= 11 is 0. The van der Waals surface area contributed by atoms with Gasteiger partial charge in [0.15, 0.2) is 0 Å². The summed E-state index contributed by atoms with van der Waals surface area (Å²) in [6, 6.07) is 0. The maximum atomic E-state index is 8.06. The molecular weight excluding hydrogens is 100 g/mol. The second-order valence-electron chi connectivity index (χ2n) is 1.92. The van der Waals surface area contributed by atoms with Crippen molar-refractivity contribution in [1.29, 1.82) is 0 Å². The topological polar surface area (TPSA) is 36.4 Å². The zero-order chi connectivity index (χ0) is 5.82. The number of hydrogen-bond acceptors (Lipinski definition) is 0. The lowest BCUT2D eigenvalue weighted by Crippen LogP contribution is -1.76. The second-order valence-corrected chi connectivity index (χ2v) is 1.92. The zero-order valence-electron chi connectivity index (χ0n) is 4.67. The summed E-state index contributed by atoms with van der Waals surface area (Å²) in [5.74, 6) is 0. The Kier molecular flexibility index (Phi) is 1.60. The summed E-state index contributed by atoms with van der Waals surface area (Å²) in [6.07, 6.45) is 7.03. The van der Waals surface area contributed by atoms with E-state index in [1.165, 1.54) is 12.6 Å². The van der Waals surface area contributed by atoms with Gasteiger partial charge in [-0.15, -0.1) is 0 Å². The quantitative estimate of drug-likeness (QED) is 0.276. The lowest BCUT2D eigenvalue weighted by atomic mass is 10.3. The van der Waals surface area contributed by atoms with E-state index in [4.69, 9.17) is 5.53 Å². The first-order chi connectivity index (χ1) is 3.93. The van der Waals surface area contributed by atoms with Crippen molar-refractivity contribution in [1.82, 2.24) is 0 Å². The molecule has 0 aliphatic heterocycles. The van der Waals surface area contributed by atoms with Crippen molar-refractivity contribution in [3.8, 4) is 0 Å². The third-order valence-corrected chi connectivity index (χ3v) is 1.30. The minimum atomic E-state index is 1.07. The number of allylic oxidation sites excluding steroid dienone is 2. The number of rotatable bonds is 1. The molecule has 8 heavy (non-hydrogen) atoms. The van der Waals surface area contributed by atoms with Gasteiger partial charge in [0.05, 0.1) is 0 Å². The highest BCUT2D eigenvalue weighted by atomic mass is 14.8. The van der Waals surface area contributed by atoms with Crippen LogP contribution in [0.3, 0.4) is 0 Å². The van der Waals surface area contributed by atoms with Gasteiger partial charge in [-0.3, -0.25) is 0 Å². The molecule has 2 nitrogen and oxygen atoms in total. The van der Waals surface area contributed by atoms with Crippen LogP contribution in [0.4, 0.5) is 0 Å². The molecular formula is C6H8N2. The van der Waals surface area contributed by atoms with E-state index in [-0.39, 0.29) is 0 Å². The molecule has 0 aromatic heterocycles. The molecule has 0 aromatic rings. The highest BCUT2D eigenvalue weighted by Crippen LogP contribution is 2.14. The van der Waals surface area contributed by atoms with Gasteiger partial charge in [-0.2, -0.15) is 4.79 Å². The third kappa shape index (κ3) is 1.04. The van der Waals surface area contributed by atoms with Crippen molar-refractivity contribution in [2.24, 2.45) is 0 Å². The molecule has 0 saturated carbocycles. The van der Waals surface area contributed by atoms with Gasteiger partial charge in [-0.05, 0) is 19.3 Å². The van der Waals surface area contributed by atoms with Gasteiger partial charge in [0, 0.05) is 5.57 Å². The van der Waals surface area contributed by atoms with Crippen LogP contribution in [0.25, 0.3) is 5.53 Å². The Hall–Kier alpha value is -0.880. The smallest absolute Gasteiger partial charge is 0.283 e. The van der Waals surface area contributed by atoms with Crippen molar-refractivity contribution < 1.29 is 4.79 Å². The molecule has 0 heterocycles. The van der Waals surface area contributed by atoms with Crippen molar-refractivity contribution in [2.45, 2.75) is 19.3 Å². The van der Waals surface area contributed by atoms with Gasteiger partial charge in [0.2, 0.25) is 0 Å². The highest BCUT2D eigenvalue weighted by Gasteiger charge is 2.03. The lowest BCUT2D eigenvalue weighted by Gasteiger charge is -1.76. The maximum absolute atomic E-state index is 8.06. The van der Waals surface area contributed by atoms with Gasteiger partial charge in [0.1, 0.15) is 0 Å². The Morgan fingerprint density at radius 1 is 1.75 bits per heavy atom. The Labute approximate surface area is 48.5 Å². The normalized spacial score (nSPS) is 17.2. The molecule has 1 rings (SSSR count). The van der Waals surface area contributed by atoms with Crippen molar-refractivity contribution in [3.63, 3.8) is 0 Å². The summed E-state index contributed by atoms with van der Waals surface area (Å²) in [6.45, 7) is 0. The Morgan fingerprint density at radius 3 is 3.12 bits per heavy atom. The van der Waals surface area contributed by atoms with Crippen LogP contribution in [0.5, 0.6) is 0 Å². The van der Waals surface area contributed by atoms with Gasteiger partial charge >= 0.3 is 0 Å². The highest BCUT2D eigenvalue weighted by molar-refractivity contribution is 5.74. The molecule has 2 heteroatoms. The van der Waals surface area contributed by atoms with Crippen LogP contribution >= 0.6 is 0 Å². The summed E-state index contributed by atoms with van der Waals surface area (Å²) in [4.78, 5) is 2.92. The molecule has 0 aromatic carbocycles. The van der Waals surface area contributed by atoms with Crippen LogP contribution in [-0.2, 0) is 0 Å². The van der Waals surface area contributed by atoms with Crippen molar-refractivity contribution in [3.05, 3.63) is 17.2 Å². The van der Waals surface area contributed by atoms with Crippen molar-refractivity contribution in [2.75, 3.05) is 0 Å². The van der Waals surface area contributed by atoms with Crippen molar-refractivity contribution >= 4 is 6.21 Å². The fourth-order valence-electron chi connectivity index (χ4n) is 0.887. The summed E-state index contributed by atoms with van der Waals surface area (Å²) < 4.78 is 0. The van der Waals surface area contributed by atoms with E-state index in [0.717, 1.165) is 18.4 Å². The standard InChI is InChI=1S/C6H8N2/c7-8-5-6-3-1-2-4-6/h3,5H,1-2,4H2. The van der Waals surface area contributed by atoms with Crippen LogP contribution in [0, 0.1) is 0 Å². The Balaban J connectivity index is 2.57. The Bertz CT molecular complexity index is 152. The Morgan fingerprint density at radius 2 is 2.62 bits per heavy atom. The average molecular weight is 108 g/mol. The minimum absolute atomic E-state index is 1.07. The van der Waals surface area contributed by atoms with Gasteiger partial charge in [-0.25, -0.2) is 0 Å². The summed E-state index contributed by atoms with van der Waals surface area (Å²) in [5.41, 5.74) is 9.22. The third-order valence-electron chi connectivity index (χ3n) is 1.30. The van der Waals surface area contributed by atoms with E-state index >= 15 is 0 Å². The molecule has 0 N–H and O–H groups in total. The predicted molar refractivity (Wildman–Crippen MR) is 31.6 cm³/mol. The average Bonchev–Trinajstić information content (AvgIpc) is 2.19. The first kappa shape index (κ1) is 5.26. The fourth-order valence-corrected chi connectivity index (χ4v) is 0.887. The SMILES string of the molecule is [N-]=[N+]=CC1=CCCC1. The van der Waals surface area contributed by atoms with E-state index in [2.05, 4.69) is 10.9 Å². The van der Waals surface area contributed by atoms with Crippen LogP contribution in [0.15, 0.2) is 11.6 Å². The molecule has 0 unspecified atom stereocenters. The van der Waals surface area contributed by atoms with E-state index in [1.54, 1.807) is 0 Å². The fraction of sp³-hybridized carbons (Fsp3) is 0.500. The zero-order valence-corrected chi connectivity index (χ0v) is 4.67. The van der Waals surface area contributed by atoms with Crippen LogP contribution in [0.1, 0.15) is 19.3 Å². The molecule has 42 valence electrons. The van der Waals surface area contributed by atoms with E-state index in [9.17, 15) is 0 Å².